The average molecular weight is 665 g/mol. The van der Waals surface area contributed by atoms with Crippen LogP contribution in [-0.2, 0) is 0 Å². The Kier molecular flexibility index (Phi) is 7.14. The first-order valence-corrected chi connectivity index (χ1v) is 17.6. The molecular weight excluding hydrogens is 633 g/mol. The van der Waals surface area contributed by atoms with Gasteiger partial charge in [0, 0.05) is 34.5 Å². The predicted octanol–water partition coefficient (Wildman–Crippen LogP) is 13.8. The lowest BCUT2D eigenvalue weighted by Crippen LogP contribution is -2.10. The van der Waals surface area contributed by atoms with E-state index in [2.05, 4.69) is 180 Å². The summed E-state index contributed by atoms with van der Waals surface area (Å²) in [5, 5.41) is 6.69. The van der Waals surface area contributed by atoms with Gasteiger partial charge < -0.3 is 9.32 Å². The summed E-state index contributed by atoms with van der Waals surface area (Å²) in [7, 11) is 0. The Morgan fingerprint density at radius 2 is 1.00 bits per heavy atom. The molecule has 0 bridgehead atoms. The molecular formula is C49H32N2O. The molecule has 10 rings (SSSR count). The van der Waals surface area contributed by atoms with Crippen LogP contribution in [-0.4, -0.2) is 4.98 Å². The van der Waals surface area contributed by atoms with Gasteiger partial charge in [0.05, 0.1) is 11.1 Å². The van der Waals surface area contributed by atoms with E-state index in [1.54, 1.807) is 0 Å². The summed E-state index contributed by atoms with van der Waals surface area (Å²) >= 11 is 0. The standard InChI is InChI=1S/C49H32N2O/c1-2-9-33(10-3-1)34-17-19-35(20-18-34)36-21-25-40(26-22-36)51(41-27-23-38(24-28-41)43-15-8-12-37-11-4-5-13-42(37)43)46-31-39-29-30-50-32-45(39)49-48(46)44-14-6-7-16-47(44)52-49/h1-32H. The highest BCUT2D eigenvalue weighted by Crippen LogP contribution is 2.46. The van der Waals surface area contributed by atoms with Gasteiger partial charge in [-0.05, 0) is 92.0 Å². The molecule has 3 heteroatoms. The molecule has 0 fully saturated rings. The second kappa shape index (κ2) is 12.4. The lowest BCUT2D eigenvalue weighted by Gasteiger charge is -2.27. The second-order valence-corrected chi connectivity index (χ2v) is 13.2. The van der Waals surface area contributed by atoms with Crippen LogP contribution in [0.2, 0.25) is 0 Å². The van der Waals surface area contributed by atoms with E-state index in [1.807, 2.05) is 24.5 Å². The number of nitrogens with zero attached hydrogens (tertiary/aromatic N) is 2. The van der Waals surface area contributed by atoms with Gasteiger partial charge in [-0.25, -0.2) is 0 Å². The van der Waals surface area contributed by atoms with E-state index in [0.29, 0.717) is 0 Å². The van der Waals surface area contributed by atoms with E-state index in [-0.39, 0.29) is 0 Å². The van der Waals surface area contributed by atoms with E-state index in [0.717, 1.165) is 55.3 Å². The van der Waals surface area contributed by atoms with Gasteiger partial charge in [-0.3, -0.25) is 4.98 Å². The summed E-state index contributed by atoms with van der Waals surface area (Å²) in [5.74, 6) is 0. The molecule has 0 atom stereocenters. The summed E-state index contributed by atoms with van der Waals surface area (Å²) in [6, 6.07) is 64.9. The average Bonchev–Trinajstić information content (AvgIpc) is 3.62. The van der Waals surface area contributed by atoms with E-state index < -0.39 is 0 Å². The SMILES string of the molecule is c1ccc(-c2ccc(-c3ccc(N(c4ccc(-c5cccc6ccccc56)cc4)c4cc5ccncc5c5oc6ccccc6c45)cc3)cc2)cc1. The predicted molar refractivity (Wildman–Crippen MR) is 218 cm³/mol. The first-order valence-electron chi connectivity index (χ1n) is 17.6. The number of pyridine rings is 1. The number of hydrogen-bond acceptors (Lipinski definition) is 3. The molecule has 0 unspecified atom stereocenters. The van der Waals surface area contributed by atoms with Crippen molar-refractivity contribution >= 4 is 60.5 Å². The molecule has 0 aliphatic carbocycles. The Morgan fingerprint density at radius 3 is 1.73 bits per heavy atom. The zero-order chi connectivity index (χ0) is 34.4. The molecule has 0 aliphatic heterocycles. The fraction of sp³-hybridized carbons (Fsp3) is 0. The lowest BCUT2D eigenvalue weighted by molar-refractivity contribution is 0.672. The zero-order valence-electron chi connectivity index (χ0n) is 28.3. The number of benzene rings is 8. The van der Waals surface area contributed by atoms with Crippen molar-refractivity contribution in [3.8, 4) is 33.4 Å². The van der Waals surface area contributed by atoms with Crippen molar-refractivity contribution in [3.63, 3.8) is 0 Å². The maximum absolute atomic E-state index is 6.60. The van der Waals surface area contributed by atoms with Gasteiger partial charge in [-0.2, -0.15) is 0 Å². The Bertz CT molecular complexity index is 2870. The van der Waals surface area contributed by atoms with Gasteiger partial charge in [-0.1, -0.05) is 140 Å². The lowest BCUT2D eigenvalue weighted by atomic mass is 9.97. The Morgan fingerprint density at radius 1 is 0.423 bits per heavy atom. The number of hydrogen-bond donors (Lipinski definition) is 0. The molecule has 2 aromatic heterocycles. The first kappa shape index (κ1) is 29.9. The maximum Gasteiger partial charge on any atom is 0.146 e. The normalized spacial score (nSPS) is 11.5. The maximum atomic E-state index is 6.60. The van der Waals surface area contributed by atoms with Crippen LogP contribution in [0.5, 0.6) is 0 Å². The molecule has 0 saturated heterocycles. The van der Waals surface area contributed by atoms with Crippen LogP contribution in [0.1, 0.15) is 0 Å². The van der Waals surface area contributed by atoms with Crippen LogP contribution in [0.4, 0.5) is 17.1 Å². The highest BCUT2D eigenvalue weighted by atomic mass is 16.3. The highest BCUT2D eigenvalue weighted by Gasteiger charge is 2.22. The van der Waals surface area contributed by atoms with Crippen molar-refractivity contribution in [2.45, 2.75) is 0 Å². The van der Waals surface area contributed by atoms with Gasteiger partial charge >= 0.3 is 0 Å². The summed E-state index contributed by atoms with van der Waals surface area (Å²) in [6.45, 7) is 0. The fourth-order valence-corrected chi connectivity index (χ4v) is 7.59. The molecule has 0 saturated carbocycles. The number of fused-ring (bicyclic) bond motifs is 6. The molecule has 52 heavy (non-hydrogen) atoms. The quantitative estimate of drug-likeness (QED) is 0.177. The van der Waals surface area contributed by atoms with Crippen LogP contribution in [0, 0.1) is 0 Å². The number of rotatable bonds is 6. The summed E-state index contributed by atoms with van der Waals surface area (Å²) in [4.78, 5) is 6.83. The third-order valence-electron chi connectivity index (χ3n) is 10.2. The van der Waals surface area contributed by atoms with Gasteiger partial charge in [0.25, 0.3) is 0 Å². The number of furan rings is 1. The Labute approximate surface area is 301 Å². The van der Waals surface area contributed by atoms with E-state index in [1.165, 1.54) is 38.6 Å². The minimum atomic E-state index is 0.842. The number of para-hydroxylation sites is 1. The summed E-state index contributed by atoms with van der Waals surface area (Å²) in [6.07, 6.45) is 3.76. The molecule has 2 heterocycles. The van der Waals surface area contributed by atoms with Crippen LogP contribution in [0.3, 0.4) is 0 Å². The van der Waals surface area contributed by atoms with Gasteiger partial charge in [0.2, 0.25) is 0 Å². The largest absolute Gasteiger partial charge is 0.455 e. The first-order chi connectivity index (χ1) is 25.8. The topological polar surface area (TPSA) is 29.3 Å². The van der Waals surface area contributed by atoms with Crippen molar-refractivity contribution in [2.24, 2.45) is 0 Å². The molecule has 0 aliphatic rings. The number of anilines is 3. The Hall–Kier alpha value is -6.97. The van der Waals surface area contributed by atoms with Gasteiger partial charge in [0.1, 0.15) is 11.2 Å². The van der Waals surface area contributed by atoms with E-state index in [4.69, 9.17) is 4.42 Å². The second-order valence-electron chi connectivity index (χ2n) is 13.2. The van der Waals surface area contributed by atoms with Crippen molar-refractivity contribution < 1.29 is 4.42 Å². The molecule has 0 spiro atoms. The third-order valence-corrected chi connectivity index (χ3v) is 10.2. The van der Waals surface area contributed by atoms with Crippen molar-refractivity contribution in [1.29, 1.82) is 0 Å². The van der Waals surface area contributed by atoms with Crippen LogP contribution >= 0.6 is 0 Å². The highest BCUT2D eigenvalue weighted by molar-refractivity contribution is 6.21. The van der Waals surface area contributed by atoms with Crippen LogP contribution in [0.25, 0.3) is 76.9 Å². The van der Waals surface area contributed by atoms with Crippen LogP contribution < -0.4 is 4.90 Å². The molecule has 3 nitrogen and oxygen atoms in total. The summed E-state index contributed by atoms with van der Waals surface area (Å²) in [5.41, 5.74) is 12.0. The van der Waals surface area contributed by atoms with E-state index in [9.17, 15) is 0 Å². The number of aromatic nitrogens is 1. The minimum absolute atomic E-state index is 0.842. The monoisotopic (exact) mass is 664 g/mol. The summed E-state index contributed by atoms with van der Waals surface area (Å²) < 4.78 is 6.60. The minimum Gasteiger partial charge on any atom is -0.455 e. The zero-order valence-corrected chi connectivity index (χ0v) is 28.3. The fourth-order valence-electron chi connectivity index (χ4n) is 7.59. The van der Waals surface area contributed by atoms with Crippen molar-refractivity contribution in [2.75, 3.05) is 4.90 Å². The molecule has 0 amide bonds. The van der Waals surface area contributed by atoms with Crippen LogP contribution in [0.15, 0.2) is 199 Å². The smallest absolute Gasteiger partial charge is 0.146 e. The molecule has 244 valence electrons. The van der Waals surface area contributed by atoms with Crippen molar-refractivity contribution in [3.05, 3.63) is 194 Å². The van der Waals surface area contributed by atoms with Crippen molar-refractivity contribution in [1.82, 2.24) is 4.98 Å². The third kappa shape index (κ3) is 5.10. The van der Waals surface area contributed by atoms with Gasteiger partial charge in [0.15, 0.2) is 0 Å². The molecule has 0 N–H and O–H groups in total. The Balaban J connectivity index is 1.13. The molecule has 10 aromatic rings. The molecule has 8 aromatic carbocycles. The van der Waals surface area contributed by atoms with Gasteiger partial charge in [-0.15, -0.1) is 0 Å². The van der Waals surface area contributed by atoms with E-state index >= 15 is 0 Å². The molecule has 0 radical (unpaired) electrons.